The van der Waals surface area contributed by atoms with E-state index >= 15 is 0 Å². The summed E-state index contributed by atoms with van der Waals surface area (Å²) in [7, 11) is 0. The number of hydrogen-bond donors (Lipinski definition) is 1. The summed E-state index contributed by atoms with van der Waals surface area (Å²) in [5.41, 5.74) is 0.0878. The predicted molar refractivity (Wildman–Crippen MR) is 46.3 cm³/mol. The summed E-state index contributed by atoms with van der Waals surface area (Å²) in [5.74, 6) is -3.03. The summed E-state index contributed by atoms with van der Waals surface area (Å²) in [6, 6.07) is 1.35. The summed E-state index contributed by atoms with van der Waals surface area (Å²) >= 11 is 0. The van der Waals surface area contributed by atoms with Crippen LogP contribution in [-0.2, 0) is 6.42 Å². The van der Waals surface area contributed by atoms with E-state index in [-0.39, 0.29) is 12.0 Å². The molecular formula is C10H11F3O. The van der Waals surface area contributed by atoms with Crippen LogP contribution in [0.2, 0.25) is 0 Å². The normalized spacial score (nSPS) is 12.9. The lowest BCUT2D eigenvalue weighted by atomic mass is 10.1. The van der Waals surface area contributed by atoms with E-state index in [2.05, 4.69) is 0 Å². The van der Waals surface area contributed by atoms with E-state index in [1.54, 1.807) is 6.92 Å². The molecular weight excluding hydrogens is 193 g/mol. The fourth-order valence-corrected chi connectivity index (χ4v) is 1.12. The van der Waals surface area contributed by atoms with Gasteiger partial charge in [-0.05, 0) is 31.4 Å². The van der Waals surface area contributed by atoms with Crippen LogP contribution in [0.25, 0.3) is 0 Å². The van der Waals surface area contributed by atoms with Crippen LogP contribution in [-0.4, -0.2) is 11.2 Å². The summed E-state index contributed by atoms with van der Waals surface area (Å²) in [6.45, 7) is 1.55. The first-order valence-corrected chi connectivity index (χ1v) is 4.32. The maximum atomic E-state index is 13.0. The highest BCUT2D eigenvalue weighted by Crippen LogP contribution is 2.15. The molecule has 1 aromatic carbocycles. The molecule has 1 nitrogen and oxygen atoms in total. The van der Waals surface area contributed by atoms with Gasteiger partial charge in [-0.15, -0.1) is 0 Å². The van der Waals surface area contributed by atoms with E-state index in [0.717, 1.165) is 6.07 Å². The number of aliphatic hydroxyl groups excluding tert-OH is 1. The second kappa shape index (κ2) is 4.46. The third-order valence-corrected chi connectivity index (χ3v) is 1.92. The second-order valence-electron chi connectivity index (χ2n) is 3.25. The van der Waals surface area contributed by atoms with Crippen molar-refractivity contribution in [2.45, 2.75) is 25.9 Å². The molecule has 0 unspecified atom stereocenters. The summed E-state index contributed by atoms with van der Waals surface area (Å²) in [4.78, 5) is 0. The Morgan fingerprint density at radius 3 is 2.29 bits per heavy atom. The lowest BCUT2D eigenvalue weighted by Gasteiger charge is -2.05. The Morgan fingerprint density at radius 1 is 1.14 bits per heavy atom. The Hall–Kier alpha value is -1.03. The topological polar surface area (TPSA) is 20.2 Å². The molecule has 4 heteroatoms. The highest BCUT2D eigenvalue weighted by molar-refractivity contribution is 5.20. The molecule has 0 spiro atoms. The zero-order valence-electron chi connectivity index (χ0n) is 7.73. The van der Waals surface area contributed by atoms with Crippen molar-refractivity contribution in [3.05, 3.63) is 35.1 Å². The number of aliphatic hydroxyl groups is 1. The molecule has 1 atom stereocenters. The van der Waals surface area contributed by atoms with Gasteiger partial charge in [-0.25, -0.2) is 13.2 Å². The maximum Gasteiger partial charge on any atom is 0.161 e. The second-order valence-corrected chi connectivity index (χ2v) is 3.25. The lowest BCUT2D eigenvalue weighted by Crippen LogP contribution is -2.03. The van der Waals surface area contributed by atoms with Gasteiger partial charge in [0.15, 0.2) is 11.6 Å². The molecule has 14 heavy (non-hydrogen) atoms. The van der Waals surface area contributed by atoms with Crippen LogP contribution < -0.4 is 0 Å². The zero-order chi connectivity index (χ0) is 10.7. The summed E-state index contributed by atoms with van der Waals surface area (Å²) < 4.78 is 38.2. The van der Waals surface area contributed by atoms with Crippen LogP contribution in [0.5, 0.6) is 0 Å². The molecule has 0 aromatic heterocycles. The molecule has 0 aliphatic carbocycles. The van der Waals surface area contributed by atoms with Gasteiger partial charge in [0, 0.05) is 6.07 Å². The van der Waals surface area contributed by atoms with Crippen LogP contribution in [0.15, 0.2) is 12.1 Å². The molecule has 0 amide bonds. The summed E-state index contributed by atoms with van der Waals surface area (Å²) in [5, 5.41) is 8.94. The molecule has 0 aliphatic heterocycles. The van der Waals surface area contributed by atoms with E-state index < -0.39 is 23.6 Å². The Balaban J connectivity index is 2.82. The molecule has 1 rings (SSSR count). The number of aryl methyl sites for hydroxylation is 1. The first-order valence-electron chi connectivity index (χ1n) is 4.32. The number of hydrogen-bond acceptors (Lipinski definition) is 1. The molecule has 0 saturated carbocycles. The number of benzene rings is 1. The predicted octanol–water partition coefficient (Wildman–Crippen LogP) is 2.42. The Kier molecular flexibility index (Phi) is 3.52. The third kappa shape index (κ3) is 2.73. The van der Waals surface area contributed by atoms with Crippen molar-refractivity contribution in [2.75, 3.05) is 0 Å². The van der Waals surface area contributed by atoms with E-state index in [1.165, 1.54) is 0 Å². The quantitative estimate of drug-likeness (QED) is 0.749. The van der Waals surface area contributed by atoms with E-state index in [1.807, 2.05) is 0 Å². The van der Waals surface area contributed by atoms with E-state index in [4.69, 9.17) is 5.11 Å². The van der Waals surface area contributed by atoms with Crippen molar-refractivity contribution in [3.63, 3.8) is 0 Å². The monoisotopic (exact) mass is 204 g/mol. The van der Waals surface area contributed by atoms with Crippen molar-refractivity contribution in [3.8, 4) is 0 Å². The maximum absolute atomic E-state index is 13.0. The average molecular weight is 204 g/mol. The van der Waals surface area contributed by atoms with E-state index in [9.17, 15) is 13.2 Å². The van der Waals surface area contributed by atoms with Crippen LogP contribution in [0.4, 0.5) is 13.2 Å². The Morgan fingerprint density at radius 2 is 1.71 bits per heavy atom. The first kappa shape index (κ1) is 11.0. The SMILES string of the molecule is C[C@@H](O)CCc1cc(F)c(F)cc1F. The average Bonchev–Trinajstić information content (AvgIpc) is 2.09. The molecule has 0 radical (unpaired) electrons. The molecule has 78 valence electrons. The van der Waals surface area contributed by atoms with Gasteiger partial charge < -0.3 is 5.11 Å². The van der Waals surface area contributed by atoms with E-state index in [0.29, 0.717) is 12.5 Å². The number of halogens is 3. The smallest absolute Gasteiger partial charge is 0.161 e. The Labute approximate surface area is 80.2 Å². The van der Waals surface area contributed by atoms with Crippen LogP contribution in [0, 0.1) is 17.5 Å². The molecule has 0 aliphatic rings. The lowest BCUT2D eigenvalue weighted by molar-refractivity contribution is 0.184. The number of rotatable bonds is 3. The van der Waals surface area contributed by atoms with Crippen molar-refractivity contribution >= 4 is 0 Å². The fraction of sp³-hybridized carbons (Fsp3) is 0.400. The summed E-state index contributed by atoms with van der Waals surface area (Å²) in [6.07, 6.45) is -0.0644. The van der Waals surface area contributed by atoms with Crippen molar-refractivity contribution in [2.24, 2.45) is 0 Å². The molecule has 1 aromatic rings. The largest absolute Gasteiger partial charge is 0.393 e. The van der Waals surface area contributed by atoms with Crippen LogP contribution >= 0.6 is 0 Å². The highest BCUT2D eigenvalue weighted by atomic mass is 19.2. The van der Waals surface area contributed by atoms with Crippen molar-refractivity contribution in [1.29, 1.82) is 0 Å². The van der Waals surface area contributed by atoms with Gasteiger partial charge in [-0.1, -0.05) is 0 Å². The first-order chi connectivity index (χ1) is 6.50. The molecule has 0 fully saturated rings. The van der Waals surface area contributed by atoms with Crippen LogP contribution in [0.3, 0.4) is 0 Å². The zero-order valence-corrected chi connectivity index (χ0v) is 7.73. The minimum atomic E-state index is -1.19. The highest BCUT2D eigenvalue weighted by Gasteiger charge is 2.10. The van der Waals surface area contributed by atoms with Gasteiger partial charge in [0.1, 0.15) is 5.82 Å². The van der Waals surface area contributed by atoms with Gasteiger partial charge in [0.2, 0.25) is 0 Å². The van der Waals surface area contributed by atoms with Gasteiger partial charge in [0.25, 0.3) is 0 Å². The molecule has 0 saturated heterocycles. The van der Waals surface area contributed by atoms with Crippen molar-refractivity contribution in [1.82, 2.24) is 0 Å². The molecule has 1 N–H and O–H groups in total. The van der Waals surface area contributed by atoms with Crippen molar-refractivity contribution < 1.29 is 18.3 Å². The molecule has 0 bridgehead atoms. The Bertz CT molecular complexity index is 323. The van der Waals surface area contributed by atoms with Crippen LogP contribution in [0.1, 0.15) is 18.9 Å². The van der Waals surface area contributed by atoms with Gasteiger partial charge >= 0.3 is 0 Å². The van der Waals surface area contributed by atoms with Gasteiger partial charge in [-0.3, -0.25) is 0 Å². The minimum absolute atomic E-state index is 0.0878. The minimum Gasteiger partial charge on any atom is -0.393 e. The standard InChI is InChI=1S/C10H11F3O/c1-6(14)2-3-7-4-9(12)10(13)5-8(7)11/h4-6,14H,2-3H2,1H3/t6-/m1/s1. The fourth-order valence-electron chi connectivity index (χ4n) is 1.12. The molecule has 0 heterocycles. The third-order valence-electron chi connectivity index (χ3n) is 1.92. The van der Waals surface area contributed by atoms with Gasteiger partial charge in [0.05, 0.1) is 6.10 Å². The van der Waals surface area contributed by atoms with Gasteiger partial charge in [-0.2, -0.15) is 0 Å².